The molecule has 0 fully saturated rings. The monoisotopic (exact) mass is 310 g/mol. The van der Waals surface area contributed by atoms with E-state index in [2.05, 4.69) is 30.6 Å². The van der Waals surface area contributed by atoms with Crippen LogP contribution in [0.25, 0.3) is 11.3 Å². The molecule has 2 aromatic rings. The standard InChI is InChI=1S/C12H8BrFN2O2/c1-18-12(17)11-9(14)10(15-6-16-11)7-4-2-3-5-8(7)13/h2-6H,1H3. The third kappa shape index (κ3) is 2.24. The molecule has 0 saturated carbocycles. The minimum Gasteiger partial charge on any atom is -0.464 e. The van der Waals surface area contributed by atoms with Crippen LogP contribution >= 0.6 is 15.9 Å². The third-order valence-corrected chi connectivity index (χ3v) is 2.99. The number of carbonyl (C=O) groups excluding carboxylic acids is 1. The number of rotatable bonds is 2. The van der Waals surface area contributed by atoms with E-state index in [4.69, 9.17) is 0 Å². The second-order valence-corrected chi connectivity index (χ2v) is 4.21. The Bertz CT molecular complexity index is 604. The number of hydrogen-bond donors (Lipinski definition) is 0. The van der Waals surface area contributed by atoms with Crippen molar-refractivity contribution in [2.24, 2.45) is 0 Å². The smallest absolute Gasteiger partial charge is 0.359 e. The van der Waals surface area contributed by atoms with Crippen molar-refractivity contribution in [2.75, 3.05) is 7.11 Å². The van der Waals surface area contributed by atoms with E-state index in [1.54, 1.807) is 24.3 Å². The maximum Gasteiger partial charge on any atom is 0.359 e. The van der Waals surface area contributed by atoms with Crippen LogP contribution in [0.2, 0.25) is 0 Å². The molecule has 1 aromatic carbocycles. The predicted molar refractivity (Wildman–Crippen MR) is 66.5 cm³/mol. The zero-order valence-corrected chi connectivity index (χ0v) is 10.9. The Kier molecular flexibility index (Phi) is 3.66. The lowest BCUT2D eigenvalue weighted by atomic mass is 10.1. The quantitative estimate of drug-likeness (QED) is 0.800. The van der Waals surface area contributed by atoms with Gasteiger partial charge in [0.15, 0.2) is 11.5 Å². The van der Waals surface area contributed by atoms with Crippen LogP contribution in [0.1, 0.15) is 10.5 Å². The van der Waals surface area contributed by atoms with E-state index >= 15 is 0 Å². The number of halogens is 2. The summed E-state index contributed by atoms with van der Waals surface area (Å²) in [4.78, 5) is 18.8. The summed E-state index contributed by atoms with van der Waals surface area (Å²) in [7, 11) is 1.17. The second kappa shape index (κ2) is 5.22. The van der Waals surface area contributed by atoms with Crippen LogP contribution in [0.5, 0.6) is 0 Å². The van der Waals surface area contributed by atoms with Gasteiger partial charge in [-0.05, 0) is 6.07 Å². The third-order valence-electron chi connectivity index (χ3n) is 2.30. The van der Waals surface area contributed by atoms with Crippen molar-refractivity contribution in [3.05, 3.63) is 46.6 Å². The molecule has 0 bridgehead atoms. The number of nitrogens with zero attached hydrogens (tertiary/aromatic N) is 2. The molecule has 1 heterocycles. The molecule has 18 heavy (non-hydrogen) atoms. The van der Waals surface area contributed by atoms with Gasteiger partial charge in [-0.1, -0.05) is 34.1 Å². The van der Waals surface area contributed by atoms with Gasteiger partial charge in [0.2, 0.25) is 0 Å². The highest BCUT2D eigenvalue weighted by molar-refractivity contribution is 9.10. The molecular formula is C12H8BrFN2O2. The molecule has 0 aliphatic rings. The van der Waals surface area contributed by atoms with Gasteiger partial charge in [0.25, 0.3) is 0 Å². The van der Waals surface area contributed by atoms with Crippen LogP contribution in [-0.4, -0.2) is 23.0 Å². The van der Waals surface area contributed by atoms with E-state index in [9.17, 15) is 9.18 Å². The predicted octanol–water partition coefficient (Wildman–Crippen LogP) is 2.83. The highest BCUT2D eigenvalue weighted by Crippen LogP contribution is 2.28. The summed E-state index contributed by atoms with van der Waals surface area (Å²) in [5.41, 5.74) is 0.221. The van der Waals surface area contributed by atoms with Gasteiger partial charge in [-0.3, -0.25) is 0 Å². The van der Waals surface area contributed by atoms with Gasteiger partial charge in [-0.25, -0.2) is 19.2 Å². The Morgan fingerprint density at radius 1 is 1.33 bits per heavy atom. The fraction of sp³-hybridized carbons (Fsp3) is 0.0833. The lowest BCUT2D eigenvalue weighted by Crippen LogP contribution is -2.09. The van der Waals surface area contributed by atoms with E-state index in [0.717, 1.165) is 6.33 Å². The lowest BCUT2D eigenvalue weighted by molar-refractivity contribution is 0.0588. The molecule has 0 radical (unpaired) electrons. The summed E-state index contributed by atoms with van der Waals surface area (Å²) in [6, 6.07) is 7.00. The van der Waals surface area contributed by atoms with Crippen molar-refractivity contribution in [3.63, 3.8) is 0 Å². The molecule has 0 amide bonds. The maximum absolute atomic E-state index is 14.1. The first-order valence-corrected chi connectivity index (χ1v) is 5.78. The summed E-state index contributed by atoms with van der Waals surface area (Å²) in [6.45, 7) is 0. The summed E-state index contributed by atoms with van der Waals surface area (Å²) >= 11 is 3.30. The Balaban J connectivity index is 2.60. The highest BCUT2D eigenvalue weighted by Gasteiger charge is 2.20. The average molecular weight is 311 g/mol. The van der Waals surface area contributed by atoms with Crippen molar-refractivity contribution in [1.29, 1.82) is 0 Å². The van der Waals surface area contributed by atoms with E-state index in [-0.39, 0.29) is 11.4 Å². The molecule has 0 atom stereocenters. The van der Waals surface area contributed by atoms with E-state index in [0.29, 0.717) is 10.0 Å². The summed E-state index contributed by atoms with van der Waals surface area (Å²) in [5, 5.41) is 0. The van der Waals surface area contributed by atoms with Gasteiger partial charge in [0.05, 0.1) is 7.11 Å². The van der Waals surface area contributed by atoms with Crippen molar-refractivity contribution >= 4 is 21.9 Å². The van der Waals surface area contributed by atoms with Crippen LogP contribution in [-0.2, 0) is 4.74 Å². The number of carbonyl (C=O) groups is 1. The number of aromatic nitrogens is 2. The molecule has 2 rings (SSSR count). The molecule has 92 valence electrons. The van der Waals surface area contributed by atoms with Crippen LogP contribution in [0.3, 0.4) is 0 Å². The Morgan fingerprint density at radius 2 is 2.06 bits per heavy atom. The van der Waals surface area contributed by atoms with Crippen molar-refractivity contribution < 1.29 is 13.9 Å². The molecule has 0 aliphatic carbocycles. The zero-order valence-electron chi connectivity index (χ0n) is 9.35. The molecule has 4 nitrogen and oxygen atoms in total. The van der Waals surface area contributed by atoms with Crippen molar-refractivity contribution in [2.45, 2.75) is 0 Å². The first kappa shape index (κ1) is 12.6. The highest BCUT2D eigenvalue weighted by atomic mass is 79.9. The molecule has 0 aliphatic heterocycles. The van der Waals surface area contributed by atoms with Gasteiger partial charge in [0.1, 0.15) is 12.0 Å². The van der Waals surface area contributed by atoms with E-state index in [1.807, 2.05) is 0 Å². The molecule has 0 saturated heterocycles. The lowest BCUT2D eigenvalue weighted by Gasteiger charge is -2.06. The zero-order chi connectivity index (χ0) is 13.1. The molecule has 6 heteroatoms. The number of ether oxygens (including phenoxy) is 1. The first-order valence-electron chi connectivity index (χ1n) is 4.99. The Labute approximate surface area is 111 Å². The minimum absolute atomic E-state index is 0.0536. The van der Waals surface area contributed by atoms with Crippen molar-refractivity contribution in [1.82, 2.24) is 9.97 Å². The van der Waals surface area contributed by atoms with Crippen LogP contribution < -0.4 is 0 Å². The van der Waals surface area contributed by atoms with Crippen LogP contribution in [0.15, 0.2) is 35.1 Å². The molecular weight excluding hydrogens is 303 g/mol. The molecule has 0 unspecified atom stereocenters. The fourth-order valence-electron chi connectivity index (χ4n) is 1.45. The minimum atomic E-state index is -0.830. The van der Waals surface area contributed by atoms with E-state index < -0.39 is 11.8 Å². The normalized spacial score (nSPS) is 10.2. The van der Waals surface area contributed by atoms with E-state index in [1.165, 1.54) is 7.11 Å². The first-order chi connectivity index (χ1) is 8.65. The summed E-state index contributed by atoms with van der Waals surface area (Å²) < 4.78 is 19.3. The largest absolute Gasteiger partial charge is 0.464 e. The van der Waals surface area contributed by atoms with Crippen molar-refractivity contribution in [3.8, 4) is 11.3 Å². The van der Waals surface area contributed by atoms with Gasteiger partial charge >= 0.3 is 5.97 Å². The van der Waals surface area contributed by atoms with Gasteiger partial charge < -0.3 is 4.74 Å². The fourth-order valence-corrected chi connectivity index (χ4v) is 1.92. The molecule has 0 N–H and O–H groups in total. The van der Waals surface area contributed by atoms with Gasteiger partial charge in [-0.2, -0.15) is 0 Å². The van der Waals surface area contributed by atoms with Gasteiger partial charge in [0, 0.05) is 10.0 Å². The number of hydrogen-bond acceptors (Lipinski definition) is 4. The number of esters is 1. The second-order valence-electron chi connectivity index (χ2n) is 3.36. The average Bonchev–Trinajstić information content (AvgIpc) is 2.39. The summed E-state index contributed by atoms with van der Waals surface area (Å²) in [5.74, 6) is -1.63. The molecule has 0 spiro atoms. The number of benzene rings is 1. The molecule has 1 aromatic heterocycles. The SMILES string of the molecule is COC(=O)c1ncnc(-c2ccccc2Br)c1F. The Hall–Kier alpha value is -1.82. The maximum atomic E-state index is 14.1. The topological polar surface area (TPSA) is 52.1 Å². The Morgan fingerprint density at radius 3 is 2.72 bits per heavy atom. The van der Waals surface area contributed by atoms with Crippen LogP contribution in [0.4, 0.5) is 4.39 Å². The summed E-state index contributed by atoms with van der Waals surface area (Å²) in [6.07, 6.45) is 1.13. The van der Waals surface area contributed by atoms with Crippen LogP contribution in [0, 0.1) is 5.82 Å². The van der Waals surface area contributed by atoms with Gasteiger partial charge in [-0.15, -0.1) is 0 Å². The number of methoxy groups -OCH3 is 1.